The second-order valence-electron chi connectivity index (χ2n) is 9.31. The van der Waals surface area contributed by atoms with Crippen molar-refractivity contribution in [2.24, 2.45) is 17.8 Å². The van der Waals surface area contributed by atoms with Crippen LogP contribution in [0.3, 0.4) is 0 Å². The lowest BCUT2D eigenvalue weighted by molar-refractivity contribution is 0.0731. The lowest BCUT2D eigenvalue weighted by Gasteiger charge is -2.31. The summed E-state index contributed by atoms with van der Waals surface area (Å²) in [6, 6.07) is 15.0. The summed E-state index contributed by atoms with van der Waals surface area (Å²) in [5.41, 5.74) is 2.83. The summed E-state index contributed by atoms with van der Waals surface area (Å²) in [5.74, 6) is 1.04. The molecule has 0 aliphatic heterocycles. The Bertz CT molecular complexity index is 936. The third-order valence-corrected chi connectivity index (χ3v) is 7.11. The zero-order valence-corrected chi connectivity index (χ0v) is 18.8. The smallest absolute Gasteiger partial charge is 0.343 e. The van der Waals surface area contributed by atoms with Crippen LogP contribution in [0.1, 0.15) is 60.5 Å². The summed E-state index contributed by atoms with van der Waals surface area (Å²) < 4.78 is 5.78. The van der Waals surface area contributed by atoms with E-state index in [1.54, 1.807) is 12.1 Å². The van der Waals surface area contributed by atoms with Crippen molar-refractivity contribution in [3.8, 4) is 5.75 Å². The fourth-order valence-corrected chi connectivity index (χ4v) is 5.39. The Morgan fingerprint density at radius 3 is 2.72 bits per heavy atom. The number of esters is 1. The van der Waals surface area contributed by atoms with Gasteiger partial charge in [0, 0.05) is 5.92 Å². The van der Waals surface area contributed by atoms with Gasteiger partial charge in [-0.2, -0.15) is 0 Å². The minimum atomic E-state index is -0.437. The SMILES string of the molecule is CCCCCC(O)C=CC1C(O)CC2Cc3c(cccc3OC(=O)c3ccccc3)CC21. The number of benzene rings is 2. The molecule has 2 aliphatic rings. The van der Waals surface area contributed by atoms with E-state index in [4.69, 9.17) is 4.74 Å². The normalized spacial score (nSPS) is 25.3. The number of carbonyl (C=O) groups is 1. The van der Waals surface area contributed by atoms with E-state index in [1.165, 1.54) is 5.56 Å². The standard InChI is InChI=1S/C28H34O4/c1-2-3-5-12-22(29)14-15-23-24-16-20-11-8-13-27(25(20)17-21(24)18-26(23)30)32-28(31)19-9-6-4-7-10-19/h4,6-11,13-15,21-24,26,29-30H,2-3,5,12,16-18H2,1H3. The number of ether oxygens (including phenoxy) is 1. The Morgan fingerprint density at radius 1 is 1.12 bits per heavy atom. The fourth-order valence-electron chi connectivity index (χ4n) is 5.39. The maximum absolute atomic E-state index is 12.6. The highest BCUT2D eigenvalue weighted by atomic mass is 16.5. The summed E-state index contributed by atoms with van der Waals surface area (Å²) in [6.07, 6.45) is 9.59. The first-order valence-electron chi connectivity index (χ1n) is 12.0. The average molecular weight is 435 g/mol. The van der Waals surface area contributed by atoms with Crippen LogP contribution in [-0.2, 0) is 12.8 Å². The molecule has 0 saturated heterocycles. The molecule has 2 aliphatic carbocycles. The lowest BCUT2D eigenvalue weighted by atomic mass is 9.74. The van der Waals surface area contributed by atoms with E-state index < -0.39 is 12.2 Å². The summed E-state index contributed by atoms with van der Waals surface area (Å²) in [6.45, 7) is 2.16. The van der Waals surface area contributed by atoms with Crippen LogP contribution >= 0.6 is 0 Å². The molecule has 0 heterocycles. The van der Waals surface area contributed by atoms with Gasteiger partial charge in [-0.15, -0.1) is 0 Å². The zero-order chi connectivity index (χ0) is 22.5. The molecular formula is C28H34O4. The van der Waals surface area contributed by atoms with E-state index >= 15 is 0 Å². The molecule has 0 radical (unpaired) electrons. The van der Waals surface area contributed by atoms with Crippen molar-refractivity contribution in [2.75, 3.05) is 0 Å². The molecule has 4 heteroatoms. The summed E-state index contributed by atoms with van der Waals surface area (Å²) in [5, 5.41) is 21.0. The van der Waals surface area contributed by atoms with Crippen molar-refractivity contribution in [3.63, 3.8) is 0 Å². The van der Waals surface area contributed by atoms with E-state index in [0.717, 1.165) is 50.5 Å². The molecule has 2 aromatic rings. The third kappa shape index (κ3) is 5.13. The van der Waals surface area contributed by atoms with Gasteiger partial charge >= 0.3 is 5.97 Å². The quantitative estimate of drug-likeness (QED) is 0.262. The Labute approximate surface area is 190 Å². The van der Waals surface area contributed by atoms with Gasteiger partial charge in [0.25, 0.3) is 0 Å². The van der Waals surface area contributed by atoms with Gasteiger partial charge in [-0.3, -0.25) is 0 Å². The van der Waals surface area contributed by atoms with E-state index in [-0.39, 0.29) is 11.9 Å². The first-order valence-corrected chi connectivity index (χ1v) is 12.0. The lowest BCUT2D eigenvalue weighted by Crippen LogP contribution is -2.26. The maximum atomic E-state index is 12.6. The first-order chi connectivity index (χ1) is 15.6. The molecule has 1 saturated carbocycles. The van der Waals surface area contributed by atoms with Crippen LogP contribution in [-0.4, -0.2) is 28.4 Å². The first kappa shape index (κ1) is 22.8. The number of hydrogen-bond donors (Lipinski definition) is 2. The Balaban J connectivity index is 1.46. The van der Waals surface area contributed by atoms with Crippen LogP contribution in [0.4, 0.5) is 0 Å². The number of carbonyl (C=O) groups excluding carboxylic acids is 1. The third-order valence-electron chi connectivity index (χ3n) is 7.11. The molecule has 4 rings (SSSR count). The minimum Gasteiger partial charge on any atom is -0.423 e. The highest BCUT2D eigenvalue weighted by molar-refractivity contribution is 5.91. The number of unbranched alkanes of at least 4 members (excludes halogenated alkanes) is 2. The van der Waals surface area contributed by atoms with Gasteiger partial charge in [0.05, 0.1) is 17.8 Å². The van der Waals surface area contributed by atoms with Crippen LogP contribution in [0.5, 0.6) is 5.75 Å². The second kappa shape index (κ2) is 10.5. The van der Waals surface area contributed by atoms with Crippen LogP contribution in [0.2, 0.25) is 0 Å². The molecule has 5 atom stereocenters. The highest BCUT2D eigenvalue weighted by Gasteiger charge is 2.44. The van der Waals surface area contributed by atoms with Gasteiger partial charge in [-0.1, -0.05) is 68.7 Å². The van der Waals surface area contributed by atoms with Crippen molar-refractivity contribution in [1.82, 2.24) is 0 Å². The van der Waals surface area contributed by atoms with E-state index in [0.29, 0.717) is 23.1 Å². The topological polar surface area (TPSA) is 66.8 Å². The zero-order valence-electron chi connectivity index (χ0n) is 18.8. The van der Waals surface area contributed by atoms with Crippen molar-refractivity contribution < 1.29 is 19.7 Å². The summed E-state index contributed by atoms with van der Waals surface area (Å²) >= 11 is 0. The molecule has 1 fully saturated rings. The second-order valence-corrected chi connectivity index (χ2v) is 9.31. The number of aliphatic hydroxyl groups is 2. The predicted octanol–water partition coefficient (Wildman–Crippen LogP) is 5.12. The number of fused-ring (bicyclic) bond motifs is 2. The highest BCUT2D eigenvalue weighted by Crippen LogP contribution is 2.47. The monoisotopic (exact) mass is 434 g/mol. The van der Waals surface area contributed by atoms with Crippen molar-refractivity contribution >= 4 is 5.97 Å². The van der Waals surface area contributed by atoms with Crippen LogP contribution in [0.15, 0.2) is 60.7 Å². The van der Waals surface area contributed by atoms with Crippen molar-refractivity contribution in [1.29, 1.82) is 0 Å². The number of aliphatic hydroxyl groups excluding tert-OH is 2. The van der Waals surface area contributed by atoms with Gasteiger partial charge in [0.15, 0.2) is 0 Å². The van der Waals surface area contributed by atoms with Crippen molar-refractivity contribution in [2.45, 2.75) is 64.1 Å². The van der Waals surface area contributed by atoms with Gasteiger partial charge in [0.2, 0.25) is 0 Å². The van der Waals surface area contributed by atoms with Crippen LogP contribution in [0.25, 0.3) is 0 Å². The largest absolute Gasteiger partial charge is 0.423 e. The Hall–Kier alpha value is -2.43. The average Bonchev–Trinajstić information content (AvgIpc) is 3.11. The molecule has 0 spiro atoms. The molecule has 0 aromatic heterocycles. The Kier molecular flexibility index (Phi) is 7.44. The molecular weight excluding hydrogens is 400 g/mol. The molecule has 0 bridgehead atoms. The maximum Gasteiger partial charge on any atom is 0.343 e. The molecule has 2 aromatic carbocycles. The van der Waals surface area contributed by atoms with Gasteiger partial charge in [-0.25, -0.2) is 4.79 Å². The van der Waals surface area contributed by atoms with Gasteiger partial charge in [-0.05, 0) is 66.8 Å². The number of rotatable bonds is 8. The van der Waals surface area contributed by atoms with Gasteiger partial charge < -0.3 is 14.9 Å². The molecule has 4 nitrogen and oxygen atoms in total. The Morgan fingerprint density at radius 2 is 1.94 bits per heavy atom. The van der Waals surface area contributed by atoms with Crippen molar-refractivity contribution in [3.05, 3.63) is 77.4 Å². The van der Waals surface area contributed by atoms with E-state index in [2.05, 4.69) is 19.1 Å². The molecule has 5 unspecified atom stereocenters. The molecule has 170 valence electrons. The summed E-state index contributed by atoms with van der Waals surface area (Å²) in [4.78, 5) is 12.6. The van der Waals surface area contributed by atoms with Gasteiger partial charge in [0.1, 0.15) is 5.75 Å². The van der Waals surface area contributed by atoms with E-state index in [1.807, 2.05) is 36.4 Å². The van der Waals surface area contributed by atoms with E-state index in [9.17, 15) is 15.0 Å². The van der Waals surface area contributed by atoms with Crippen LogP contribution in [0, 0.1) is 17.8 Å². The molecule has 2 N–H and O–H groups in total. The van der Waals surface area contributed by atoms with Crippen LogP contribution < -0.4 is 4.74 Å². The summed E-state index contributed by atoms with van der Waals surface area (Å²) in [7, 11) is 0. The minimum absolute atomic E-state index is 0.0597. The predicted molar refractivity (Wildman–Crippen MR) is 126 cm³/mol. The molecule has 0 amide bonds. The molecule has 32 heavy (non-hydrogen) atoms. The fraction of sp³-hybridized carbons (Fsp3) is 0.464. The number of hydrogen-bond acceptors (Lipinski definition) is 4.